The highest BCUT2D eigenvalue weighted by atomic mass is 35.5. The minimum Gasteiger partial charge on any atom is -0.0847 e. The Morgan fingerprint density at radius 1 is 0.586 bits per heavy atom. The van der Waals surface area contributed by atoms with Gasteiger partial charge in [0.25, 0.3) is 0 Å². The summed E-state index contributed by atoms with van der Waals surface area (Å²) in [6.45, 7) is 8.72. The Labute approximate surface area is 179 Å². The molecule has 0 N–H and O–H groups in total. The van der Waals surface area contributed by atoms with Crippen LogP contribution in [0.5, 0.6) is 0 Å². The summed E-state index contributed by atoms with van der Waals surface area (Å²) in [7, 11) is 0. The molecule has 0 saturated heterocycles. The minimum atomic E-state index is -0.407. The molecule has 3 aromatic rings. The first-order chi connectivity index (χ1) is 13.8. The summed E-state index contributed by atoms with van der Waals surface area (Å²) in [5.74, 6) is 0. The first-order valence-corrected chi connectivity index (χ1v) is 10.5. The van der Waals surface area contributed by atoms with Crippen LogP contribution in [0.3, 0.4) is 0 Å². The predicted octanol–water partition coefficient (Wildman–Crippen LogP) is 7.55. The summed E-state index contributed by atoms with van der Waals surface area (Å²) >= 11 is 6.68. The van der Waals surface area contributed by atoms with Gasteiger partial charge in [0.2, 0.25) is 0 Å². The molecule has 0 nitrogen and oxygen atoms in total. The molecule has 1 heteroatoms. The molecule has 0 heterocycles. The van der Waals surface area contributed by atoms with Gasteiger partial charge in [-0.05, 0) is 49.6 Å². The van der Waals surface area contributed by atoms with Crippen LogP contribution in [-0.4, -0.2) is 0 Å². The van der Waals surface area contributed by atoms with Gasteiger partial charge in [-0.1, -0.05) is 114 Å². The molecule has 1 aliphatic rings. The van der Waals surface area contributed by atoms with Crippen LogP contribution < -0.4 is 0 Å². The van der Waals surface area contributed by atoms with Crippen LogP contribution in [0.1, 0.15) is 40.3 Å². The van der Waals surface area contributed by atoms with Gasteiger partial charge in [0, 0.05) is 10.4 Å². The van der Waals surface area contributed by atoms with E-state index in [2.05, 4.69) is 113 Å². The second kappa shape index (κ2) is 7.35. The highest BCUT2D eigenvalue weighted by Gasteiger charge is 2.50. The standard InChI is InChI=1S/C28H27Cl/c1-20-5-11-23(12-6-20)27(4)18-17-26(29)19-28(27,24-13-7-21(2)8-14-24)25-15-9-22(3)10-16-25/h5-19H,1-4H3. The molecule has 0 bridgehead atoms. The Hall–Kier alpha value is -2.57. The third-order valence-corrected chi connectivity index (χ3v) is 6.65. The first-order valence-electron chi connectivity index (χ1n) is 10.1. The molecule has 0 saturated carbocycles. The lowest BCUT2D eigenvalue weighted by molar-refractivity contribution is 0.410. The van der Waals surface area contributed by atoms with E-state index >= 15 is 0 Å². The average molecular weight is 399 g/mol. The van der Waals surface area contributed by atoms with E-state index < -0.39 is 5.41 Å². The van der Waals surface area contributed by atoms with Crippen molar-refractivity contribution in [3.63, 3.8) is 0 Å². The molecule has 4 rings (SSSR count). The van der Waals surface area contributed by atoms with Crippen molar-refractivity contribution in [3.05, 3.63) is 129 Å². The molecule has 3 aromatic carbocycles. The van der Waals surface area contributed by atoms with E-state index in [0.29, 0.717) is 0 Å². The highest BCUT2D eigenvalue weighted by molar-refractivity contribution is 6.31. The number of halogens is 1. The fraction of sp³-hybridized carbons (Fsp3) is 0.214. The maximum Gasteiger partial charge on any atom is 0.0527 e. The lowest BCUT2D eigenvalue weighted by atomic mass is 9.53. The van der Waals surface area contributed by atoms with Crippen LogP contribution in [0.25, 0.3) is 0 Å². The fourth-order valence-electron chi connectivity index (χ4n) is 4.57. The van der Waals surface area contributed by atoms with Gasteiger partial charge in [0.05, 0.1) is 5.41 Å². The lowest BCUT2D eigenvalue weighted by Crippen LogP contribution is -2.47. The Bertz CT molecular complexity index is 1020. The van der Waals surface area contributed by atoms with E-state index in [4.69, 9.17) is 11.6 Å². The van der Waals surface area contributed by atoms with Crippen molar-refractivity contribution in [1.29, 1.82) is 0 Å². The second-order valence-electron chi connectivity index (χ2n) is 8.47. The van der Waals surface area contributed by atoms with Crippen LogP contribution in [0.2, 0.25) is 0 Å². The molecule has 0 aliphatic heterocycles. The van der Waals surface area contributed by atoms with E-state index in [-0.39, 0.29) is 5.41 Å². The zero-order valence-corrected chi connectivity index (χ0v) is 18.3. The van der Waals surface area contributed by atoms with Gasteiger partial charge >= 0.3 is 0 Å². The summed E-state index contributed by atoms with van der Waals surface area (Å²) in [5, 5.41) is 0.774. The van der Waals surface area contributed by atoms with Gasteiger partial charge in [0.15, 0.2) is 0 Å². The van der Waals surface area contributed by atoms with Gasteiger partial charge in [0.1, 0.15) is 0 Å². The third kappa shape index (κ3) is 3.26. The monoisotopic (exact) mass is 398 g/mol. The largest absolute Gasteiger partial charge is 0.0847 e. The molecule has 146 valence electrons. The predicted molar refractivity (Wildman–Crippen MR) is 125 cm³/mol. The van der Waals surface area contributed by atoms with E-state index in [1.165, 1.54) is 33.4 Å². The maximum absolute atomic E-state index is 6.68. The summed E-state index contributed by atoms with van der Waals surface area (Å²) in [4.78, 5) is 0. The van der Waals surface area contributed by atoms with Gasteiger partial charge in [-0.15, -0.1) is 0 Å². The zero-order chi connectivity index (χ0) is 20.6. The van der Waals surface area contributed by atoms with Crippen molar-refractivity contribution in [2.75, 3.05) is 0 Å². The molecular weight excluding hydrogens is 372 g/mol. The molecular formula is C28H27Cl. The van der Waals surface area contributed by atoms with Crippen molar-refractivity contribution in [3.8, 4) is 0 Å². The molecule has 0 radical (unpaired) electrons. The van der Waals surface area contributed by atoms with E-state index in [0.717, 1.165) is 5.03 Å². The van der Waals surface area contributed by atoms with E-state index in [9.17, 15) is 0 Å². The van der Waals surface area contributed by atoms with Gasteiger partial charge in [-0.2, -0.15) is 0 Å². The van der Waals surface area contributed by atoms with Crippen LogP contribution in [-0.2, 0) is 10.8 Å². The summed E-state index contributed by atoms with van der Waals surface area (Å²) in [6.07, 6.45) is 6.56. The molecule has 1 aliphatic carbocycles. The third-order valence-electron chi connectivity index (χ3n) is 6.41. The van der Waals surface area contributed by atoms with Crippen LogP contribution in [0.15, 0.2) is 96.1 Å². The fourth-order valence-corrected chi connectivity index (χ4v) is 4.80. The Morgan fingerprint density at radius 3 is 1.38 bits per heavy atom. The summed E-state index contributed by atoms with van der Waals surface area (Å²) in [5.41, 5.74) is 6.86. The van der Waals surface area contributed by atoms with Gasteiger partial charge in [-0.3, -0.25) is 0 Å². The Balaban J connectivity index is 2.07. The average Bonchev–Trinajstić information content (AvgIpc) is 2.71. The van der Waals surface area contributed by atoms with Crippen molar-refractivity contribution >= 4 is 11.6 Å². The zero-order valence-electron chi connectivity index (χ0n) is 17.5. The van der Waals surface area contributed by atoms with Gasteiger partial charge in [-0.25, -0.2) is 0 Å². The Morgan fingerprint density at radius 2 is 0.966 bits per heavy atom. The number of rotatable bonds is 3. The number of benzene rings is 3. The molecule has 1 atom stereocenters. The molecule has 0 aromatic heterocycles. The number of hydrogen-bond acceptors (Lipinski definition) is 0. The van der Waals surface area contributed by atoms with Gasteiger partial charge < -0.3 is 0 Å². The Kier molecular flexibility index (Phi) is 5.00. The van der Waals surface area contributed by atoms with Crippen molar-refractivity contribution < 1.29 is 0 Å². The lowest BCUT2D eigenvalue weighted by Gasteiger charge is -2.49. The summed E-state index contributed by atoms with van der Waals surface area (Å²) in [6, 6.07) is 26.7. The van der Waals surface area contributed by atoms with Crippen LogP contribution >= 0.6 is 11.6 Å². The topological polar surface area (TPSA) is 0 Å². The first kappa shape index (κ1) is 19.7. The molecule has 0 fully saturated rings. The maximum atomic E-state index is 6.68. The molecule has 1 unspecified atom stereocenters. The molecule has 0 spiro atoms. The van der Waals surface area contributed by atoms with Crippen molar-refractivity contribution in [1.82, 2.24) is 0 Å². The number of hydrogen-bond donors (Lipinski definition) is 0. The SMILES string of the molecule is Cc1ccc(C2(C)C=CC(Cl)=CC2(c2ccc(C)cc2)c2ccc(C)cc2)cc1. The minimum absolute atomic E-state index is 0.288. The summed E-state index contributed by atoms with van der Waals surface area (Å²) < 4.78 is 0. The quantitative estimate of drug-likeness (QED) is 0.427. The smallest absolute Gasteiger partial charge is 0.0527 e. The molecule has 29 heavy (non-hydrogen) atoms. The molecule has 0 amide bonds. The van der Waals surface area contributed by atoms with E-state index in [1.54, 1.807) is 0 Å². The van der Waals surface area contributed by atoms with Crippen molar-refractivity contribution in [2.45, 2.75) is 38.5 Å². The van der Waals surface area contributed by atoms with E-state index in [1.807, 2.05) is 6.08 Å². The second-order valence-corrected chi connectivity index (χ2v) is 8.91. The van der Waals surface area contributed by atoms with Crippen LogP contribution in [0.4, 0.5) is 0 Å². The van der Waals surface area contributed by atoms with Crippen molar-refractivity contribution in [2.24, 2.45) is 0 Å². The van der Waals surface area contributed by atoms with Crippen LogP contribution in [0, 0.1) is 20.8 Å². The number of allylic oxidation sites excluding steroid dienone is 4. The number of aryl methyl sites for hydroxylation is 3. The highest BCUT2D eigenvalue weighted by Crippen LogP contribution is 2.54. The normalized spacial score (nSPS) is 20.4.